The van der Waals surface area contributed by atoms with Crippen molar-refractivity contribution < 1.29 is 9.59 Å². The lowest BCUT2D eigenvalue weighted by atomic mass is 10.0. The number of benzene rings is 1. The first kappa shape index (κ1) is 19.7. The third-order valence-electron chi connectivity index (χ3n) is 8.21. The number of carbonyl (C=O) groups excluding carboxylic acids is 2. The van der Waals surface area contributed by atoms with Gasteiger partial charge in [0.2, 0.25) is 11.8 Å². The number of piperazine rings is 1. The summed E-state index contributed by atoms with van der Waals surface area (Å²) in [7, 11) is 0. The van der Waals surface area contributed by atoms with Crippen LogP contribution in [0.2, 0.25) is 0 Å². The van der Waals surface area contributed by atoms with Crippen LogP contribution in [0, 0.1) is 23.8 Å². The van der Waals surface area contributed by atoms with Crippen LogP contribution in [0.1, 0.15) is 42.9 Å². The van der Waals surface area contributed by atoms with E-state index in [0.717, 1.165) is 38.6 Å². The standard InChI is InChI=1S/C24H26N6O2/c1-27-15-3-4-18-13(6-15)2-5-20(18)30-17-9-22(24(30)32)28(11-17)12-19(26)23(31)29-16(10-25)7-14-8-21(14)29/h3-4,6,14,16-17,19-22H,2,5,7-9,11-12,26H2/t14-,16+,17?,19+,20-,21+,22-/m1/s1. The first-order valence-corrected chi connectivity index (χ1v) is 11.5. The third kappa shape index (κ3) is 2.80. The summed E-state index contributed by atoms with van der Waals surface area (Å²) in [5.74, 6) is 0.453. The SMILES string of the molecule is [C-]#[N+]c1ccc2c(c1)CC[C@H]2N1C(=O)[C@H]2CC1CN2C[C@H](N)C(=O)N1[C@H](C#N)C[C@@H]2C[C@@H]21. The molecule has 1 unspecified atom stereocenters. The van der Waals surface area contributed by atoms with E-state index in [0.29, 0.717) is 18.2 Å². The van der Waals surface area contributed by atoms with Crippen LogP contribution in [-0.2, 0) is 16.0 Å². The molecule has 1 aromatic carbocycles. The van der Waals surface area contributed by atoms with Crippen LogP contribution in [0.3, 0.4) is 0 Å². The summed E-state index contributed by atoms with van der Waals surface area (Å²) in [5, 5.41) is 9.38. The average molecular weight is 431 g/mol. The van der Waals surface area contributed by atoms with Crippen LogP contribution in [-0.4, -0.2) is 69.8 Å². The number of hydrogen-bond acceptors (Lipinski definition) is 5. The first-order valence-electron chi connectivity index (χ1n) is 11.5. The van der Waals surface area contributed by atoms with Crippen LogP contribution >= 0.6 is 0 Å². The number of nitriles is 1. The Morgan fingerprint density at radius 2 is 2.16 bits per heavy atom. The monoisotopic (exact) mass is 430 g/mol. The second-order valence-corrected chi connectivity index (χ2v) is 9.95. The summed E-state index contributed by atoms with van der Waals surface area (Å²) >= 11 is 0. The van der Waals surface area contributed by atoms with E-state index < -0.39 is 6.04 Å². The Kier molecular flexibility index (Phi) is 4.33. The van der Waals surface area contributed by atoms with Crippen LogP contribution < -0.4 is 5.73 Å². The first-order chi connectivity index (χ1) is 15.5. The van der Waals surface area contributed by atoms with Gasteiger partial charge >= 0.3 is 0 Å². The molecule has 3 aliphatic heterocycles. The van der Waals surface area contributed by atoms with Crippen molar-refractivity contribution in [1.29, 1.82) is 5.26 Å². The van der Waals surface area contributed by atoms with E-state index in [1.165, 1.54) is 11.1 Å². The van der Waals surface area contributed by atoms with Gasteiger partial charge in [0.1, 0.15) is 6.04 Å². The van der Waals surface area contributed by atoms with Gasteiger partial charge in [0, 0.05) is 25.2 Å². The number of nitrogens with zero attached hydrogens (tertiary/aromatic N) is 5. The van der Waals surface area contributed by atoms with E-state index in [-0.39, 0.29) is 42.0 Å². The molecule has 0 aromatic heterocycles. The smallest absolute Gasteiger partial charge is 0.242 e. The number of carbonyl (C=O) groups is 2. The molecule has 4 fully saturated rings. The van der Waals surface area contributed by atoms with E-state index in [4.69, 9.17) is 12.3 Å². The zero-order valence-electron chi connectivity index (χ0n) is 17.9. The topological polar surface area (TPSA) is 98.0 Å². The van der Waals surface area contributed by atoms with E-state index in [1.54, 1.807) is 4.90 Å². The molecule has 8 heteroatoms. The van der Waals surface area contributed by atoms with Gasteiger partial charge in [-0.2, -0.15) is 5.26 Å². The quantitative estimate of drug-likeness (QED) is 0.727. The Balaban J connectivity index is 1.13. The molecule has 6 rings (SSSR count). The van der Waals surface area contributed by atoms with Crippen molar-refractivity contribution in [1.82, 2.24) is 14.7 Å². The van der Waals surface area contributed by atoms with Crippen LogP contribution in [0.4, 0.5) is 5.69 Å². The molecule has 2 amide bonds. The van der Waals surface area contributed by atoms with E-state index in [2.05, 4.69) is 20.7 Å². The van der Waals surface area contributed by atoms with Crippen molar-refractivity contribution in [3.63, 3.8) is 0 Å². The minimum Gasteiger partial charge on any atom is -0.330 e. The highest BCUT2D eigenvalue weighted by Gasteiger charge is 2.56. The van der Waals surface area contributed by atoms with Gasteiger partial charge in [-0.15, -0.1) is 0 Å². The normalized spacial score (nSPS) is 35.4. The number of likely N-dealkylation sites (tertiary alicyclic amines) is 3. The minimum atomic E-state index is -0.704. The number of hydrogen-bond donors (Lipinski definition) is 1. The minimum absolute atomic E-state index is 0.0810. The summed E-state index contributed by atoms with van der Waals surface area (Å²) in [6.45, 7) is 8.32. The summed E-state index contributed by atoms with van der Waals surface area (Å²) < 4.78 is 0. The highest BCUT2D eigenvalue weighted by molar-refractivity contribution is 5.87. The van der Waals surface area contributed by atoms with E-state index in [1.807, 2.05) is 18.2 Å². The Hall–Kier alpha value is -2.94. The van der Waals surface area contributed by atoms with Crippen LogP contribution in [0.25, 0.3) is 4.85 Å². The predicted octanol–water partition coefficient (Wildman–Crippen LogP) is 1.35. The molecule has 32 heavy (non-hydrogen) atoms. The number of fused-ring (bicyclic) bond motifs is 4. The second kappa shape index (κ2) is 7.03. The van der Waals surface area contributed by atoms with Crippen LogP contribution in [0.5, 0.6) is 0 Å². The Morgan fingerprint density at radius 3 is 2.91 bits per heavy atom. The van der Waals surface area contributed by atoms with E-state index in [9.17, 15) is 14.9 Å². The number of amides is 2. The third-order valence-corrected chi connectivity index (χ3v) is 8.21. The van der Waals surface area contributed by atoms with Gasteiger partial charge in [-0.25, -0.2) is 4.85 Å². The molecule has 3 heterocycles. The fourth-order valence-corrected chi connectivity index (χ4v) is 6.65. The predicted molar refractivity (Wildman–Crippen MR) is 115 cm³/mol. The zero-order chi connectivity index (χ0) is 22.1. The molecule has 0 radical (unpaired) electrons. The summed E-state index contributed by atoms with van der Waals surface area (Å²) in [6, 6.07) is 7.20. The van der Waals surface area contributed by atoms with Gasteiger partial charge in [0.25, 0.3) is 0 Å². The lowest BCUT2D eigenvalue weighted by Crippen LogP contribution is -2.57. The van der Waals surface area contributed by atoms with Gasteiger partial charge < -0.3 is 15.5 Å². The number of rotatable bonds is 4. The lowest BCUT2D eigenvalue weighted by molar-refractivity contribution is -0.141. The molecule has 0 spiro atoms. The van der Waals surface area contributed by atoms with Gasteiger partial charge in [0.05, 0.1) is 30.8 Å². The average Bonchev–Trinajstić information content (AvgIpc) is 3.14. The molecule has 2 N–H and O–H groups in total. The van der Waals surface area contributed by atoms with Crippen molar-refractivity contribution in [2.75, 3.05) is 13.1 Å². The molecule has 2 bridgehead atoms. The molecule has 5 aliphatic rings. The molecule has 3 saturated heterocycles. The van der Waals surface area contributed by atoms with Crippen LogP contribution in [0.15, 0.2) is 18.2 Å². The van der Waals surface area contributed by atoms with Crippen molar-refractivity contribution in [3.05, 3.63) is 40.7 Å². The molecule has 2 aliphatic carbocycles. The van der Waals surface area contributed by atoms with Gasteiger partial charge in [-0.05, 0) is 43.6 Å². The van der Waals surface area contributed by atoms with Crippen molar-refractivity contribution in [2.45, 2.75) is 68.4 Å². The lowest BCUT2D eigenvalue weighted by Gasteiger charge is -2.38. The maximum Gasteiger partial charge on any atom is 0.242 e. The Bertz CT molecular complexity index is 1090. The summed E-state index contributed by atoms with van der Waals surface area (Å²) in [6.07, 6.45) is 4.32. The largest absolute Gasteiger partial charge is 0.330 e. The van der Waals surface area contributed by atoms with Crippen molar-refractivity contribution >= 4 is 17.5 Å². The van der Waals surface area contributed by atoms with Gasteiger partial charge in [-0.1, -0.05) is 23.8 Å². The molecule has 1 saturated carbocycles. The van der Waals surface area contributed by atoms with Crippen molar-refractivity contribution in [2.24, 2.45) is 11.7 Å². The fraction of sp³-hybridized carbons (Fsp3) is 0.583. The molecular weight excluding hydrogens is 404 g/mol. The van der Waals surface area contributed by atoms with Gasteiger partial charge in [-0.3, -0.25) is 14.5 Å². The highest BCUT2D eigenvalue weighted by Crippen LogP contribution is 2.48. The van der Waals surface area contributed by atoms with E-state index >= 15 is 0 Å². The molecule has 8 nitrogen and oxygen atoms in total. The fourth-order valence-electron chi connectivity index (χ4n) is 6.65. The Morgan fingerprint density at radius 1 is 1.31 bits per heavy atom. The Labute approximate surface area is 187 Å². The van der Waals surface area contributed by atoms with Gasteiger partial charge in [0.15, 0.2) is 5.69 Å². The number of aryl methyl sites for hydroxylation is 1. The highest BCUT2D eigenvalue weighted by atomic mass is 16.2. The second-order valence-electron chi connectivity index (χ2n) is 9.95. The molecular formula is C24H26N6O2. The number of piperidine rings is 1. The maximum atomic E-state index is 13.3. The molecule has 1 aromatic rings. The molecule has 7 atom stereocenters. The number of nitrogens with two attached hydrogens (primary N) is 1. The zero-order valence-corrected chi connectivity index (χ0v) is 17.9. The molecule has 164 valence electrons. The summed E-state index contributed by atoms with van der Waals surface area (Å²) in [5.41, 5.74) is 9.31. The van der Waals surface area contributed by atoms with Crippen molar-refractivity contribution in [3.8, 4) is 6.07 Å². The maximum absolute atomic E-state index is 13.3. The summed E-state index contributed by atoms with van der Waals surface area (Å²) in [4.78, 5) is 35.7.